The number of nitrogens with zero attached hydrogens (tertiary/aromatic N) is 3. The summed E-state index contributed by atoms with van der Waals surface area (Å²) in [6.45, 7) is 4.87. The number of nitrogens with one attached hydrogen (secondary N) is 2. The Bertz CT molecular complexity index is 1580. The summed E-state index contributed by atoms with van der Waals surface area (Å²) in [6, 6.07) is 7.94. The molecule has 1 amide bonds. The van der Waals surface area contributed by atoms with Crippen LogP contribution < -0.4 is 10.9 Å². The Morgan fingerprint density at radius 2 is 1.80 bits per heavy atom. The highest BCUT2D eigenvalue weighted by Gasteiger charge is 2.32. The number of alkyl halides is 3. The quantitative estimate of drug-likeness (QED) is 0.369. The molecule has 1 aliphatic heterocycles. The predicted molar refractivity (Wildman–Crippen MR) is 150 cm³/mol. The zero-order valence-corrected chi connectivity index (χ0v) is 23.6. The van der Waals surface area contributed by atoms with Crippen molar-refractivity contribution in [1.29, 1.82) is 5.26 Å². The second kappa shape index (κ2) is 12.1. The molecule has 3 aromatic rings. The largest absolute Gasteiger partial charge is 0.507 e. The number of benzene rings is 2. The third-order valence-corrected chi connectivity index (χ3v) is 7.64. The number of nitriles is 1. The van der Waals surface area contributed by atoms with Crippen molar-refractivity contribution in [3.8, 4) is 34.2 Å². The van der Waals surface area contributed by atoms with Gasteiger partial charge in [-0.15, -0.1) is 0 Å². The van der Waals surface area contributed by atoms with Gasteiger partial charge in [-0.05, 0) is 50.4 Å². The summed E-state index contributed by atoms with van der Waals surface area (Å²) in [5, 5.41) is 23.5. The van der Waals surface area contributed by atoms with Gasteiger partial charge in [-0.3, -0.25) is 14.5 Å². The van der Waals surface area contributed by atoms with E-state index < -0.39 is 28.9 Å². The number of halogens is 5. The summed E-state index contributed by atoms with van der Waals surface area (Å²) in [6.07, 6.45) is -4.69. The lowest BCUT2D eigenvalue weighted by Gasteiger charge is -2.35. The number of carbonyl (C=O) groups excluding carboxylic acids is 1. The van der Waals surface area contributed by atoms with Crippen molar-refractivity contribution in [1.82, 2.24) is 20.1 Å². The van der Waals surface area contributed by atoms with Gasteiger partial charge in [0.15, 0.2) is 0 Å². The van der Waals surface area contributed by atoms with Gasteiger partial charge in [0.1, 0.15) is 17.4 Å². The zero-order valence-electron chi connectivity index (χ0n) is 22.1. The maximum atomic E-state index is 13.4. The van der Waals surface area contributed by atoms with E-state index in [1.165, 1.54) is 18.2 Å². The van der Waals surface area contributed by atoms with Crippen molar-refractivity contribution in [2.24, 2.45) is 0 Å². The number of piperazine rings is 1. The molecule has 0 bridgehead atoms. The van der Waals surface area contributed by atoms with Crippen LogP contribution in [0.15, 0.2) is 41.2 Å². The Morgan fingerprint density at radius 1 is 1.12 bits per heavy atom. The third kappa shape index (κ3) is 6.68. The zero-order chi connectivity index (χ0) is 30.1. The molecule has 1 unspecified atom stereocenters. The molecule has 8 nitrogen and oxygen atoms in total. The second-order valence-electron chi connectivity index (χ2n) is 9.80. The number of aromatic nitrogens is 1. The summed E-state index contributed by atoms with van der Waals surface area (Å²) >= 11 is 12.5. The Labute approximate surface area is 243 Å². The van der Waals surface area contributed by atoms with Gasteiger partial charge in [0.25, 0.3) is 5.56 Å². The standard InChI is InChI=1S/C28H26Cl2F3N5O3/c1-15(38-7-5-37(2)6-8-38)26(40)35-14-16-9-18(29)11-21(25(16)39)24-12-19(22(13-34)27(41)36-24)20-10-17(28(31,32)33)3-4-23(20)30/h3-4,9-12,15,39H,5-8,14H2,1-2H3,(H,35,40)(H,36,41). The first-order valence-corrected chi connectivity index (χ1v) is 13.3. The molecule has 2 heterocycles. The number of hydrogen-bond acceptors (Lipinski definition) is 6. The topological polar surface area (TPSA) is 112 Å². The molecule has 1 saturated heterocycles. The number of rotatable bonds is 6. The van der Waals surface area contributed by atoms with Crippen molar-refractivity contribution in [3.05, 3.63) is 73.5 Å². The van der Waals surface area contributed by atoms with E-state index in [1.54, 1.807) is 13.0 Å². The predicted octanol–water partition coefficient (Wildman–Crippen LogP) is 4.86. The average molecular weight is 608 g/mol. The van der Waals surface area contributed by atoms with E-state index in [2.05, 4.69) is 20.1 Å². The van der Waals surface area contributed by atoms with Crippen LogP contribution in [-0.2, 0) is 17.5 Å². The molecule has 0 saturated carbocycles. The molecular formula is C28H26Cl2F3N5O3. The highest BCUT2D eigenvalue weighted by Crippen LogP contribution is 2.39. The molecule has 1 fully saturated rings. The fourth-order valence-electron chi connectivity index (χ4n) is 4.64. The number of H-pyrrole nitrogens is 1. The van der Waals surface area contributed by atoms with E-state index in [0.29, 0.717) is 0 Å². The number of phenols is 1. The Balaban J connectivity index is 1.69. The lowest BCUT2D eigenvalue weighted by molar-refractivity contribution is -0.137. The SMILES string of the molecule is CC(C(=O)NCc1cc(Cl)cc(-c2cc(-c3cc(C(F)(F)F)ccc3Cl)c(C#N)c(=O)[nH]2)c1O)N1CCN(C)CC1. The molecule has 4 rings (SSSR count). The van der Waals surface area contributed by atoms with Gasteiger partial charge in [0.2, 0.25) is 5.91 Å². The number of aromatic amines is 1. The van der Waals surface area contributed by atoms with Crippen molar-refractivity contribution in [2.75, 3.05) is 33.2 Å². The molecule has 216 valence electrons. The van der Waals surface area contributed by atoms with Crippen LogP contribution in [0.5, 0.6) is 5.75 Å². The van der Waals surface area contributed by atoms with Crippen LogP contribution in [0.3, 0.4) is 0 Å². The minimum atomic E-state index is -4.69. The monoisotopic (exact) mass is 607 g/mol. The summed E-state index contributed by atoms with van der Waals surface area (Å²) in [4.78, 5) is 32.4. The number of hydrogen-bond donors (Lipinski definition) is 3. The van der Waals surface area contributed by atoms with Crippen LogP contribution in [0.2, 0.25) is 10.0 Å². The second-order valence-corrected chi connectivity index (χ2v) is 10.6. The molecule has 2 aromatic carbocycles. The van der Waals surface area contributed by atoms with E-state index in [4.69, 9.17) is 23.2 Å². The van der Waals surface area contributed by atoms with Crippen molar-refractivity contribution < 1.29 is 23.1 Å². The van der Waals surface area contributed by atoms with Crippen molar-refractivity contribution in [2.45, 2.75) is 25.7 Å². The van der Waals surface area contributed by atoms with Gasteiger partial charge in [0.05, 0.1) is 17.3 Å². The van der Waals surface area contributed by atoms with Crippen molar-refractivity contribution >= 4 is 29.1 Å². The Hall–Kier alpha value is -3.56. The summed E-state index contributed by atoms with van der Waals surface area (Å²) in [5.41, 5.74) is -2.44. The van der Waals surface area contributed by atoms with Crippen LogP contribution in [0, 0.1) is 11.3 Å². The summed E-state index contributed by atoms with van der Waals surface area (Å²) in [7, 11) is 2.01. The number of likely N-dealkylation sites (N-methyl/N-ethyl adjacent to an activating group) is 1. The highest BCUT2D eigenvalue weighted by atomic mass is 35.5. The lowest BCUT2D eigenvalue weighted by Crippen LogP contribution is -2.52. The minimum absolute atomic E-state index is 0.0177. The van der Waals surface area contributed by atoms with Crippen LogP contribution in [0.1, 0.15) is 23.6 Å². The van der Waals surface area contributed by atoms with Crippen LogP contribution in [0.25, 0.3) is 22.4 Å². The highest BCUT2D eigenvalue weighted by molar-refractivity contribution is 6.33. The van der Waals surface area contributed by atoms with E-state index in [1.807, 2.05) is 7.05 Å². The van der Waals surface area contributed by atoms with Gasteiger partial charge in [0, 0.05) is 65.0 Å². The molecular weight excluding hydrogens is 582 g/mol. The lowest BCUT2D eigenvalue weighted by atomic mass is 9.96. The van der Waals surface area contributed by atoms with E-state index in [-0.39, 0.29) is 56.2 Å². The van der Waals surface area contributed by atoms with Crippen molar-refractivity contribution in [3.63, 3.8) is 0 Å². The smallest absolute Gasteiger partial charge is 0.416 e. The molecule has 1 aliphatic rings. The molecule has 13 heteroatoms. The summed E-state index contributed by atoms with van der Waals surface area (Å²) in [5.74, 6) is -0.563. The Morgan fingerprint density at radius 3 is 2.44 bits per heavy atom. The van der Waals surface area contributed by atoms with Gasteiger partial charge in [-0.1, -0.05) is 23.2 Å². The number of phenolic OH excluding ortho intramolecular Hbond substituents is 1. The normalized spacial score (nSPS) is 15.4. The first kappa shape index (κ1) is 30.4. The Kier molecular flexibility index (Phi) is 8.99. The maximum Gasteiger partial charge on any atom is 0.416 e. The van der Waals surface area contributed by atoms with Crippen LogP contribution in [-0.4, -0.2) is 65.1 Å². The number of carbonyl (C=O) groups is 1. The first-order chi connectivity index (χ1) is 19.3. The minimum Gasteiger partial charge on any atom is -0.507 e. The molecule has 3 N–H and O–H groups in total. The maximum absolute atomic E-state index is 13.4. The number of amides is 1. The molecule has 1 atom stereocenters. The van der Waals surface area contributed by atoms with Gasteiger partial charge in [-0.2, -0.15) is 18.4 Å². The molecule has 0 spiro atoms. The third-order valence-electron chi connectivity index (χ3n) is 7.09. The fraction of sp³-hybridized carbons (Fsp3) is 0.321. The molecule has 0 aliphatic carbocycles. The summed E-state index contributed by atoms with van der Waals surface area (Å²) < 4.78 is 40.2. The van der Waals surface area contributed by atoms with Gasteiger partial charge >= 0.3 is 6.18 Å². The molecule has 0 radical (unpaired) electrons. The molecule has 1 aromatic heterocycles. The number of pyridine rings is 1. The van der Waals surface area contributed by atoms with Gasteiger partial charge in [-0.25, -0.2) is 0 Å². The fourth-order valence-corrected chi connectivity index (χ4v) is 5.10. The van der Waals surface area contributed by atoms with E-state index in [0.717, 1.165) is 44.4 Å². The first-order valence-electron chi connectivity index (χ1n) is 12.6. The number of aromatic hydroxyl groups is 1. The van der Waals surface area contributed by atoms with Gasteiger partial charge < -0.3 is 20.3 Å². The van der Waals surface area contributed by atoms with E-state index >= 15 is 0 Å². The van der Waals surface area contributed by atoms with Crippen LogP contribution >= 0.6 is 23.2 Å². The van der Waals surface area contributed by atoms with E-state index in [9.17, 15) is 33.1 Å². The average Bonchev–Trinajstić information content (AvgIpc) is 2.92. The molecule has 41 heavy (non-hydrogen) atoms. The van der Waals surface area contributed by atoms with Crippen LogP contribution in [0.4, 0.5) is 13.2 Å².